The maximum absolute atomic E-state index is 12.5. The first-order chi connectivity index (χ1) is 15.4. The van der Waals surface area contributed by atoms with Gasteiger partial charge in [-0.1, -0.05) is 60.2 Å². The van der Waals surface area contributed by atoms with Crippen LogP contribution in [-0.2, 0) is 16.1 Å². The van der Waals surface area contributed by atoms with Crippen molar-refractivity contribution in [2.24, 2.45) is 5.10 Å². The van der Waals surface area contributed by atoms with Gasteiger partial charge in [0.1, 0.15) is 5.75 Å². The van der Waals surface area contributed by atoms with Crippen molar-refractivity contribution in [2.75, 3.05) is 0 Å². The van der Waals surface area contributed by atoms with E-state index in [2.05, 4.69) is 15.8 Å². The van der Waals surface area contributed by atoms with Crippen LogP contribution in [0.4, 0.5) is 0 Å². The number of hydrogen-bond acceptors (Lipinski definition) is 5. The Morgan fingerprint density at radius 2 is 1.50 bits per heavy atom. The van der Waals surface area contributed by atoms with Crippen molar-refractivity contribution >= 4 is 23.5 Å². The van der Waals surface area contributed by atoms with Crippen LogP contribution < -0.4 is 15.5 Å². The number of hydrogen-bond donors (Lipinski definition) is 2. The summed E-state index contributed by atoms with van der Waals surface area (Å²) in [5.74, 6) is -1.91. The Morgan fingerprint density at radius 3 is 2.22 bits per heavy atom. The van der Waals surface area contributed by atoms with Crippen LogP contribution in [0.15, 0.2) is 84.0 Å². The van der Waals surface area contributed by atoms with Gasteiger partial charge in [-0.15, -0.1) is 0 Å². The molecule has 0 atom stereocenters. The van der Waals surface area contributed by atoms with Crippen LogP contribution in [0.25, 0.3) is 0 Å². The maximum Gasteiger partial charge on any atom is 0.343 e. The monoisotopic (exact) mass is 429 g/mol. The number of carbonyl (C=O) groups excluding carboxylic acids is 3. The number of esters is 1. The topological polar surface area (TPSA) is 96.9 Å². The number of nitrogens with one attached hydrogen (secondary N) is 2. The van der Waals surface area contributed by atoms with Crippen molar-refractivity contribution in [3.8, 4) is 5.75 Å². The third-order valence-electron chi connectivity index (χ3n) is 4.59. The molecule has 3 aromatic carbocycles. The molecule has 0 saturated carbocycles. The molecule has 2 N–H and O–H groups in total. The Kier molecular flexibility index (Phi) is 7.48. The van der Waals surface area contributed by atoms with Crippen LogP contribution >= 0.6 is 0 Å². The number of amides is 2. The molecular formula is C25H23N3O4. The number of ether oxygens (including phenoxy) is 1. The quantitative estimate of drug-likeness (QED) is 0.206. The minimum atomic E-state index is -0.894. The Morgan fingerprint density at radius 1 is 0.844 bits per heavy atom. The van der Waals surface area contributed by atoms with E-state index in [4.69, 9.17) is 4.74 Å². The van der Waals surface area contributed by atoms with Gasteiger partial charge in [0, 0.05) is 12.1 Å². The zero-order chi connectivity index (χ0) is 22.9. The molecule has 0 aliphatic carbocycles. The Bertz CT molecular complexity index is 1140. The molecule has 0 aromatic heterocycles. The Balaban J connectivity index is 1.63. The number of hydrazone groups is 1. The molecule has 0 aliphatic rings. The maximum atomic E-state index is 12.5. The second-order valence-electron chi connectivity index (χ2n) is 7.06. The van der Waals surface area contributed by atoms with Crippen LogP contribution in [0, 0.1) is 6.92 Å². The number of benzene rings is 3. The van der Waals surface area contributed by atoms with Crippen LogP contribution in [0.2, 0.25) is 0 Å². The van der Waals surface area contributed by atoms with E-state index in [-0.39, 0.29) is 6.54 Å². The van der Waals surface area contributed by atoms with Crippen molar-refractivity contribution in [1.82, 2.24) is 10.7 Å². The van der Waals surface area contributed by atoms with Crippen LogP contribution in [-0.4, -0.2) is 23.5 Å². The molecule has 0 radical (unpaired) electrons. The van der Waals surface area contributed by atoms with Gasteiger partial charge in [0.2, 0.25) is 0 Å². The first kappa shape index (κ1) is 22.4. The number of rotatable bonds is 6. The summed E-state index contributed by atoms with van der Waals surface area (Å²) in [5, 5.41) is 6.52. The van der Waals surface area contributed by atoms with Gasteiger partial charge >= 0.3 is 17.8 Å². The van der Waals surface area contributed by atoms with Crippen molar-refractivity contribution in [1.29, 1.82) is 0 Å². The number of para-hydroxylation sites is 1. The summed E-state index contributed by atoms with van der Waals surface area (Å²) in [4.78, 5) is 36.5. The predicted molar refractivity (Wildman–Crippen MR) is 121 cm³/mol. The van der Waals surface area contributed by atoms with Gasteiger partial charge in [-0.25, -0.2) is 10.2 Å². The van der Waals surface area contributed by atoms with Crippen LogP contribution in [0.1, 0.15) is 34.0 Å². The van der Waals surface area contributed by atoms with Gasteiger partial charge < -0.3 is 10.1 Å². The fourth-order valence-corrected chi connectivity index (χ4v) is 2.81. The third-order valence-corrected chi connectivity index (χ3v) is 4.59. The fraction of sp³-hybridized carbons (Fsp3) is 0.120. The zero-order valence-electron chi connectivity index (χ0n) is 17.8. The minimum Gasteiger partial charge on any atom is -0.422 e. The smallest absolute Gasteiger partial charge is 0.343 e. The molecule has 3 aromatic rings. The SMILES string of the molecule is C/C(=N\NC(=O)C(=O)NCc1ccccc1)c1ccccc1OC(=O)c1ccc(C)cc1. The lowest BCUT2D eigenvalue weighted by atomic mass is 10.1. The molecule has 0 fully saturated rings. The van der Waals surface area contributed by atoms with E-state index in [0.717, 1.165) is 11.1 Å². The van der Waals surface area contributed by atoms with Gasteiger partial charge in [-0.05, 0) is 43.7 Å². The van der Waals surface area contributed by atoms with Gasteiger partial charge in [-0.3, -0.25) is 9.59 Å². The van der Waals surface area contributed by atoms with E-state index >= 15 is 0 Å². The lowest BCUT2D eigenvalue weighted by Gasteiger charge is -2.10. The summed E-state index contributed by atoms with van der Waals surface area (Å²) >= 11 is 0. The summed E-state index contributed by atoms with van der Waals surface area (Å²) in [6, 6.07) is 23.1. The van der Waals surface area contributed by atoms with Crippen molar-refractivity contribution in [3.05, 3.63) is 101 Å². The normalized spacial score (nSPS) is 10.9. The first-order valence-electron chi connectivity index (χ1n) is 9.98. The number of carbonyl (C=O) groups is 3. The Labute approximate surface area is 186 Å². The summed E-state index contributed by atoms with van der Waals surface area (Å²) in [5.41, 5.74) is 5.45. The summed E-state index contributed by atoms with van der Waals surface area (Å²) in [6.45, 7) is 3.80. The summed E-state index contributed by atoms with van der Waals surface area (Å²) in [7, 11) is 0. The van der Waals surface area contributed by atoms with E-state index in [1.807, 2.05) is 49.4 Å². The average Bonchev–Trinajstić information content (AvgIpc) is 2.82. The zero-order valence-corrected chi connectivity index (χ0v) is 17.8. The average molecular weight is 429 g/mol. The van der Waals surface area contributed by atoms with Gasteiger partial charge in [0.25, 0.3) is 0 Å². The summed E-state index contributed by atoms with van der Waals surface area (Å²) in [6.07, 6.45) is 0. The van der Waals surface area contributed by atoms with E-state index < -0.39 is 17.8 Å². The minimum absolute atomic E-state index is 0.230. The van der Waals surface area contributed by atoms with E-state index in [0.29, 0.717) is 22.6 Å². The standard InChI is InChI=1S/C25H23N3O4/c1-17-12-14-20(15-13-17)25(31)32-22-11-7-6-10-21(22)18(2)27-28-24(30)23(29)26-16-19-8-4-3-5-9-19/h3-15H,16H2,1-2H3,(H,26,29)(H,28,30)/b27-18+. The van der Waals surface area contributed by atoms with E-state index in [9.17, 15) is 14.4 Å². The molecule has 32 heavy (non-hydrogen) atoms. The molecule has 2 amide bonds. The van der Waals surface area contributed by atoms with Crippen molar-refractivity contribution < 1.29 is 19.1 Å². The second-order valence-corrected chi connectivity index (χ2v) is 7.06. The molecular weight excluding hydrogens is 406 g/mol. The third kappa shape index (κ3) is 6.12. The number of nitrogens with zero attached hydrogens (tertiary/aromatic N) is 1. The molecule has 7 nitrogen and oxygen atoms in total. The summed E-state index contributed by atoms with van der Waals surface area (Å²) < 4.78 is 5.52. The van der Waals surface area contributed by atoms with E-state index in [1.165, 1.54) is 0 Å². The number of aryl methyl sites for hydroxylation is 1. The van der Waals surface area contributed by atoms with Gasteiger partial charge in [0.05, 0.1) is 11.3 Å². The fourth-order valence-electron chi connectivity index (χ4n) is 2.81. The molecule has 0 heterocycles. The van der Waals surface area contributed by atoms with Crippen LogP contribution in [0.5, 0.6) is 5.75 Å². The van der Waals surface area contributed by atoms with Gasteiger partial charge in [0.15, 0.2) is 0 Å². The molecule has 0 saturated heterocycles. The Hall–Kier alpha value is -4.26. The highest BCUT2D eigenvalue weighted by Crippen LogP contribution is 2.20. The highest BCUT2D eigenvalue weighted by atomic mass is 16.5. The second kappa shape index (κ2) is 10.7. The van der Waals surface area contributed by atoms with Crippen LogP contribution in [0.3, 0.4) is 0 Å². The molecule has 0 unspecified atom stereocenters. The molecule has 0 spiro atoms. The van der Waals surface area contributed by atoms with Gasteiger partial charge in [-0.2, -0.15) is 5.10 Å². The van der Waals surface area contributed by atoms with Crippen molar-refractivity contribution in [3.63, 3.8) is 0 Å². The molecule has 0 aliphatic heterocycles. The largest absolute Gasteiger partial charge is 0.422 e. The predicted octanol–water partition coefficient (Wildman–Crippen LogP) is 3.37. The highest BCUT2D eigenvalue weighted by molar-refractivity contribution is 6.35. The molecule has 3 rings (SSSR count). The van der Waals surface area contributed by atoms with Crippen molar-refractivity contribution in [2.45, 2.75) is 20.4 Å². The lowest BCUT2D eigenvalue weighted by molar-refractivity contribution is -0.139. The molecule has 162 valence electrons. The molecule has 7 heteroatoms. The molecule has 0 bridgehead atoms. The first-order valence-corrected chi connectivity index (χ1v) is 9.98. The highest BCUT2D eigenvalue weighted by Gasteiger charge is 2.15. The lowest BCUT2D eigenvalue weighted by Crippen LogP contribution is -2.37. The van der Waals surface area contributed by atoms with E-state index in [1.54, 1.807) is 43.3 Å².